The number of carbonyl (C=O) groups is 1. The van der Waals surface area contributed by atoms with Gasteiger partial charge in [0, 0.05) is 42.7 Å². The molecule has 0 saturated carbocycles. The smallest absolute Gasteiger partial charge is 0.336 e. The van der Waals surface area contributed by atoms with Crippen molar-refractivity contribution < 1.29 is 17.6 Å². The van der Waals surface area contributed by atoms with Crippen molar-refractivity contribution in [3.63, 3.8) is 0 Å². The molecule has 2 heterocycles. The van der Waals surface area contributed by atoms with Crippen molar-refractivity contribution in [1.29, 1.82) is 0 Å². The predicted molar refractivity (Wildman–Crippen MR) is 123 cm³/mol. The second-order valence-electron chi connectivity index (χ2n) is 8.12. The number of anilines is 1. The molecule has 1 aromatic heterocycles. The molecule has 168 valence electrons. The Morgan fingerprint density at radius 3 is 2.47 bits per heavy atom. The van der Waals surface area contributed by atoms with E-state index in [2.05, 4.69) is 5.32 Å². The van der Waals surface area contributed by atoms with Gasteiger partial charge in [0.15, 0.2) is 0 Å². The van der Waals surface area contributed by atoms with Gasteiger partial charge in [-0.2, -0.15) is 4.31 Å². The van der Waals surface area contributed by atoms with Crippen LogP contribution in [0.2, 0.25) is 0 Å². The maximum absolute atomic E-state index is 12.7. The highest BCUT2D eigenvalue weighted by Crippen LogP contribution is 2.22. The molecule has 1 amide bonds. The number of piperidine rings is 1. The van der Waals surface area contributed by atoms with Crippen molar-refractivity contribution in [2.24, 2.45) is 0 Å². The number of amides is 1. The molecular weight excluding hydrogens is 428 g/mol. The van der Waals surface area contributed by atoms with E-state index in [1.54, 1.807) is 40.7 Å². The van der Waals surface area contributed by atoms with Crippen LogP contribution in [0.4, 0.5) is 5.69 Å². The van der Waals surface area contributed by atoms with Crippen molar-refractivity contribution in [3.8, 4) is 0 Å². The molecule has 2 aromatic carbocycles. The van der Waals surface area contributed by atoms with E-state index in [1.165, 1.54) is 6.07 Å². The van der Waals surface area contributed by atoms with Gasteiger partial charge in [-0.05, 0) is 61.6 Å². The summed E-state index contributed by atoms with van der Waals surface area (Å²) in [5.74, 6) is -0.177. The number of hydrogen-bond acceptors (Lipinski definition) is 5. The standard InChI is InChI=1S/C24H26N2O5S/c1-17-15-24(28)31-22-16-19(8-11-21(17)22)25-23(27)12-7-18-5-9-20(10-6-18)32(29,30)26-13-3-2-4-14-26/h5-6,8-11,15-16H,2-4,7,12-14H2,1H3,(H,25,27). The monoisotopic (exact) mass is 454 g/mol. The molecule has 0 unspecified atom stereocenters. The Kier molecular flexibility index (Phi) is 6.43. The highest BCUT2D eigenvalue weighted by atomic mass is 32.2. The summed E-state index contributed by atoms with van der Waals surface area (Å²) >= 11 is 0. The van der Waals surface area contributed by atoms with Crippen LogP contribution >= 0.6 is 0 Å². The van der Waals surface area contributed by atoms with E-state index < -0.39 is 15.6 Å². The fourth-order valence-electron chi connectivity index (χ4n) is 3.97. The maximum atomic E-state index is 12.7. The first-order valence-electron chi connectivity index (χ1n) is 10.8. The molecule has 7 nitrogen and oxygen atoms in total. The summed E-state index contributed by atoms with van der Waals surface area (Å²) in [7, 11) is -3.45. The Balaban J connectivity index is 1.37. The van der Waals surface area contributed by atoms with Gasteiger partial charge < -0.3 is 9.73 Å². The van der Waals surface area contributed by atoms with E-state index >= 15 is 0 Å². The van der Waals surface area contributed by atoms with E-state index in [-0.39, 0.29) is 12.3 Å². The Hall–Kier alpha value is -2.97. The van der Waals surface area contributed by atoms with E-state index in [0.29, 0.717) is 35.7 Å². The molecule has 8 heteroatoms. The van der Waals surface area contributed by atoms with Gasteiger partial charge in [-0.1, -0.05) is 18.6 Å². The van der Waals surface area contributed by atoms with Crippen LogP contribution in [0.5, 0.6) is 0 Å². The first-order chi connectivity index (χ1) is 15.3. The first-order valence-corrected chi connectivity index (χ1v) is 12.2. The van der Waals surface area contributed by atoms with E-state index in [4.69, 9.17) is 4.42 Å². The summed E-state index contributed by atoms with van der Waals surface area (Å²) in [6.45, 7) is 2.98. The Morgan fingerprint density at radius 1 is 1.03 bits per heavy atom. The number of sulfonamides is 1. The third kappa shape index (κ3) is 4.92. The molecule has 0 radical (unpaired) electrons. The number of benzene rings is 2. The van der Waals surface area contributed by atoms with Gasteiger partial charge in [0.1, 0.15) is 5.58 Å². The van der Waals surface area contributed by atoms with Crippen LogP contribution in [0.15, 0.2) is 62.6 Å². The summed E-state index contributed by atoms with van der Waals surface area (Å²) in [4.78, 5) is 24.3. The van der Waals surface area contributed by atoms with Crippen LogP contribution < -0.4 is 10.9 Å². The molecule has 1 aliphatic rings. The zero-order chi connectivity index (χ0) is 22.7. The predicted octanol–water partition coefficient (Wildman–Crippen LogP) is 3.85. The molecule has 4 rings (SSSR count). The molecule has 1 aliphatic heterocycles. The van der Waals surface area contributed by atoms with Gasteiger partial charge >= 0.3 is 5.63 Å². The van der Waals surface area contributed by atoms with Crippen molar-refractivity contribution in [3.05, 3.63) is 70.1 Å². The molecule has 1 saturated heterocycles. The lowest BCUT2D eigenvalue weighted by molar-refractivity contribution is -0.116. The van der Waals surface area contributed by atoms with Crippen LogP contribution in [-0.4, -0.2) is 31.7 Å². The number of aryl methyl sites for hydroxylation is 2. The summed E-state index contributed by atoms with van der Waals surface area (Å²) in [6.07, 6.45) is 3.59. The number of nitrogens with zero attached hydrogens (tertiary/aromatic N) is 1. The second-order valence-corrected chi connectivity index (χ2v) is 10.1. The average molecular weight is 455 g/mol. The van der Waals surface area contributed by atoms with E-state index in [9.17, 15) is 18.0 Å². The second kappa shape index (κ2) is 9.26. The molecule has 0 bridgehead atoms. The molecule has 1 N–H and O–H groups in total. The minimum atomic E-state index is -3.45. The topological polar surface area (TPSA) is 96.7 Å². The van der Waals surface area contributed by atoms with Crippen molar-refractivity contribution >= 4 is 32.6 Å². The minimum absolute atomic E-state index is 0.177. The molecule has 0 atom stereocenters. The lowest BCUT2D eigenvalue weighted by atomic mass is 10.1. The highest BCUT2D eigenvalue weighted by Gasteiger charge is 2.25. The molecule has 3 aromatic rings. The number of hydrogen-bond donors (Lipinski definition) is 1. The third-order valence-corrected chi connectivity index (χ3v) is 7.66. The first kappa shape index (κ1) is 22.2. The maximum Gasteiger partial charge on any atom is 0.336 e. The van der Waals surface area contributed by atoms with Gasteiger partial charge in [-0.3, -0.25) is 4.79 Å². The summed E-state index contributed by atoms with van der Waals surface area (Å²) in [5.41, 5.74) is 2.26. The highest BCUT2D eigenvalue weighted by molar-refractivity contribution is 7.89. The number of nitrogens with one attached hydrogen (secondary N) is 1. The Morgan fingerprint density at radius 2 is 1.75 bits per heavy atom. The quantitative estimate of drug-likeness (QED) is 0.571. The number of fused-ring (bicyclic) bond motifs is 1. The van der Waals surface area contributed by atoms with Crippen molar-refractivity contribution in [2.75, 3.05) is 18.4 Å². The zero-order valence-corrected chi connectivity index (χ0v) is 18.8. The normalized spacial score (nSPS) is 15.0. The number of carbonyl (C=O) groups excluding carboxylic acids is 1. The summed E-state index contributed by atoms with van der Waals surface area (Å²) in [5, 5.41) is 3.64. The van der Waals surface area contributed by atoms with Crippen molar-refractivity contribution in [2.45, 2.75) is 43.9 Å². The van der Waals surface area contributed by atoms with Gasteiger partial charge in [0.2, 0.25) is 15.9 Å². The van der Waals surface area contributed by atoms with Crippen LogP contribution in [0.25, 0.3) is 11.0 Å². The van der Waals surface area contributed by atoms with Crippen LogP contribution in [0.3, 0.4) is 0 Å². The Bertz CT molecular complexity index is 1290. The third-order valence-electron chi connectivity index (χ3n) is 5.75. The fourth-order valence-corrected chi connectivity index (χ4v) is 5.48. The molecule has 1 fully saturated rings. The number of rotatable bonds is 6. The molecule has 0 spiro atoms. The van der Waals surface area contributed by atoms with Crippen LogP contribution in [-0.2, 0) is 21.2 Å². The van der Waals surface area contributed by atoms with Gasteiger partial charge in [-0.15, -0.1) is 0 Å². The van der Waals surface area contributed by atoms with Gasteiger partial charge in [-0.25, -0.2) is 13.2 Å². The molecule has 32 heavy (non-hydrogen) atoms. The van der Waals surface area contributed by atoms with Gasteiger partial charge in [0.05, 0.1) is 4.90 Å². The Labute approximate surface area is 187 Å². The summed E-state index contributed by atoms with van der Waals surface area (Å²) in [6, 6.07) is 13.4. The molecule has 0 aliphatic carbocycles. The van der Waals surface area contributed by atoms with Crippen LogP contribution in [0, 0.1) is 6.92 Å². The zero-order valence-electron chi connectivity index (χ0n) is 18.0. The van der Waals surface area contributed by atoms with E-state index in [0.717, 1.165) is 35.8 Å². The van der Waals surface area contributed by atoms with Crippen LogP contribution in [0.1, 0.15) is 36.8 Å². The van der Waals surface area contributed by atoms with E-state index in [1.807, 2.05) is 13.0 Å². The minimum Gasteiger partial charge on any atom is -0.423 e. The average Bonchev–Trinajstić information content (AvgIpc) is 2.78. The van der Waals surface area contributed by atoms with Crippen molar-refractivity contribution in [1.82, 2.24) is 4.31 Å². The fraction of sp³-hybridized carbons (Fsp3) is 0.333. The lowest BCUT2D eigenvalue weighted by Crippen LogP contribution is -2.35. The molecular formula is C24H26N2O5S. The largest absolute Gasteiger partial charge is 0.423 e. The summed E-state index contributed by atoms with van der Waals surface area (Å²) < 4.78 is 32.2. The SMILES string of the molecule is Cc1cc(=O)oc2cc(NC(=O)CCc3ccc(S(=O)(=O)N4CCCCC4)cc3)ccc12. The lowest BCUT2D eigenvalue weighted by Gasteiger charge is -2.25. The van der Waals surface area contributed by atoms with Gasteiger partial charge in [0.25, 0.3) is 0 Å².